The third-order valence-corrected chi connectivity index (χ3v) is 1.39. The maximum Gasteiger partial charge on any atom is 0.0670 e. The molecule has 0 aromatic heterocycles. The van der Waals surface area contributed by atoms with Gasteiger partial charge < -0.3 is 15.6 Å². The predicted molar refractivity (Wildman–Crippen MR) is 36.7 cm³/mol. The van der Waals surface area contributed by atoms with Crippen LogP contribution in [0.3, 0.4) is 0 Å². The van der Waals surface area contributed by atoms with Gasteiger partial charge >= 0.3 is 0 Å². The molecule has 1 saturated heterocycles. The van der Waals surface area contributed by atoms with Crippen LogP contribution in [0.4, 0.5) is 0 Å². The lowest BCUT2D eigenvalue weighted by Gasteiger charge is -2.37. The van der Waals surface area contributed by atoms with E-state index in [0.717, 1.165) is 0 Å². The first-order chi connectivity index (χ1) is 3.77. The Morgan fingerprint density at radius 1 is 1.56 bits per heavy atom. The first kappa shape index (κ1) is 9.17. The van der Waals surface area contributed by atoms with E-state index in [0.29, 0.717) is 19.6 Å². The van der Waals surface area contributed by atoms with Gasteiger partial charge in [0.05, 0.1) is 18.8 Å². The average molecular weight is 154 g/mol. The van der Waals surface area contributed by atoms with E-state index in [1.807, 2.05) is 0 Å². The molecule has 3 N–H and O–H groups in total. The van der Waals surface area contributed by atoms with Crippen molar-refractivity contribution in [2.45, 2.75) is 12.0 Å². The molecule has 0 unspecified atom stereocenters. The van der Waals surface area contributed by atoms with Gasteiger partial charge in [0, 0.05) is 6.61 Å². The van der Waals surface area contributed by atoms with E-state index in [-0.39, 0.29) is 24.6 Å². The number of hydrogen-bond acceptors (Lipinski definition) is 3. The second kappa shape index (κ2) is 3.37. The Morgan fingerprint density at radius 3 is 2.22 bits per heavy atom. The fourth-order valence-corrected chi connectivity index (χ4v) is 0.731. The Kier molecular flexibility index (Phi) is 3.43. The Labute approximate surface area is 60.6 Å². The minimum absolute atomic E-state index is 0. The van der Waals surface area contributed by atoms with E-state index >= 15 is 0 Å². The van der Waals surface area contributed by atoms with Gasteiger partial charge in [-0.3, -0.25) is 0 Å². The molecule has 0 amide bonds. The largest absolute Gasteiger partial charge is 0.396 e. The lowest BCUT2D eigenvalue weighted by atomic mass is 9.95. The summed E-state index contributed by atoms with van der Waals surface area (Å²) in [6.45, 7) is 1.38. The molecule has 1 aliphatic rings. The van der Waals surface area contributed by atoms with Gasteiger partial charge in [-0.2, -0.15) is 0 Å². The summed E-state index contributed by atoms with van der Waals surface area (Å²) in [5, 5.41) is 8.43. The van der Waals surface area contributed by atoms with Crippen molar-refractivity contribution in [3.05, 3.63) is 0 Å². The smallest absolute Gasteiger partial charge is 0.0670 e. The van der Waals surface area contributed by atoms with Gasteiger partial charge in [0.25, 0.3) is 0 Å². The zero-order valence-electron chi connectivity index (χ0n) is 5.17. The number of rotatable bonds is 2. The van der Waals surface area contributed by atoms with Gasteiger partial charge in [-0.05, 0) is 6.42 Å². The minimum atomic E-state index is -0.200. The number of halogens is 1. The number of hydrogen-bond donors (Lipinski definition) is 2. The lowest BCUT2D eigenvalue weighted by Crippen LogP contribution is -2.57. The van der Waals surface area contributed by atoms with Gasteiger partial charge in [-0.15, -0.1) is 12.4 Å². The fourth-order valence-electron chi connectivity index (χ4n) is 0.731. The lowest BCUT2D eigenvalue weighted by molar-refractivity contribution is -0.0628. The summed E-state index contributed by atoms with van der Waals surface area (Å²) >= 11 is 0. The number of aliphatic hydroxyl groups excluding tert-OH is 1. The van der Waals surface area contributed by atoms with Crippen LogP contribution in [0.5, 0.6) is 0 Å². The van der Waals surface area contributed by atoms with Crippen molar-refractivity contribution < 1.29 is 9.84 Å². The molecular formula is C5H12ClNO2. The van der Waals surface area contributed by atoms with Crippen LogP contribution >= 0.6 is 12.4 Å². The Hall–Kier alpha value is 0.170. The fraction of sp³-hybridized carbons (Fsp3) is 1.00. The van der Waals surface area contributed by atoms with Crippen molar-refractivity contribution in [1.29, 1.82) is 0 Å². The first-order valence-corrected chi connectivity index (χ1v) is 2.74. The SMILES string of the molecule is Cl.NC1(CCO)COC1. The van der Waals surface area contributed by atoms with Crippen molar-refractivity contribution in [2.75, 3.05) is 19.8 Å². The minimum Gasteiger partial charge on any atom is -0.396 e. The molecule has 0 aliphatic carbocycles. The molecule has 1 aliphatic heterocycles. The highest BCUT2D eigenvalue weighted by molar-refractivity contribution is 5.85. The molecule has 0 aromatic carbocycles. The van der Waals surface area contributed by atoms with E-state index in [2.05, 4.69) is 0 Å². The highest BCUT2D eigenvalue weighted by atomic mass is 35.5. The molecule has 0 aromatic rings. The second-order valence-electron chi connectivity index (χ2n) is 2.33. The van der Waals surface area contributed by atoms with Crippen LogP contribution < -0.4 is 5.73 Å². The molecule has 1 rings (SSSR count). The molecule has 9 heavy (non-hydrogen) atoms. The number of nitrogens with two attached hydrogens (primary N) is 1. The van der Waals surface area contributed by atoms with E-state index < -0.39 is 0 Å². The summed E-state index contributed by atoms with van der Waals surface area (Å²) in [6.07, 6.45) is 0.660. The highest BCUT2D eigenvalue weighted by Gasteiger charge is 2.32. The third kappa shape index (κ3) is 2.10. The van der Waals surface area contributed by atoms with Crippen LogP contribution in [-0.4, -0.2) is 30.5 Å². The molecule has 4 heteroatoms. The topological polar surface area (TPSA) is 55.5 Å². The molecule has 0 bridgehead atoms. The van der Waals surface area contributed by atoms with Gasteiger partial charge in [0.2, 0.25) is 0 Å². The Balaban J connectivity index is 0.000000640. The van der Waals surface area contributed by atoms with E-state index in [1.165, 1.54) is 0 Å². The Morgan fingerprint density at radius 2 is 2.11 bits per heavy atom. The van der Waals surface area contributed by atoms with Crippen LogP contribution in [0.15, 0.2) is 0 Å². The number of aliphatic hydroxyl groups is 1. The van der Waals surface area contributed by atoms with Crippen molar-refractivity contribution in [1.82, 2.24) is 0 Å². The normalized spacial score (nSPS) is 22.0. The van der Waals surface area contributed by atoms with Gasteiger partial charge in [0.1, 0.15) is 0 Å². The van der Waals surface area contributed by atoms with Crippen LogP contribution in [0, 0.1) is 0 Å². The van der Waals surface area contributed by atoms with E-state index in [1.54, 1.807) is 0 Å². The summed E-state index contributed by atoms with van der Waals surface area (Å²) < 4.78 is 4.85. The summed E-state index contributed by atoms with van der Waals surface area (Å²) in [7, 11) is 0. The quantitative estimate of drug-likeness (QED) is 0.564. The zero-order valence-corrected chi connectivity index (χ0v) is 5.99. The van der Waals surface area contributed by atoms with Gasteiger partial charge in [0.15, 0.2) is 0 Å². The van der Waals surface area contributed by atoms with Crippen molar-refractivity contribution in [3.8, 4) is 0 Å². The third-order valence-electron chi connectivity index (χ3n) is 1.39. The number of ether oxygens (including phenoxy) is 1. The average Bonchev–Trinajstić information content (AvgIpc) is 1.64. The van der Waals surface area contributed by atoms with Crippen LogP contribution in [0.25, 0.3) is 0 Å². The molecule has 0 radical (unpaired) electrons. The molecule has 1 heterocycles. The maximum absolute atomic E-state index is 8.43. The molecule has 0 saturated carbocycles. The van der Waals surface area contributed by atoms with Crippen molar-refractivity contribution in [2.24, 2.45) is 5.73 Å². The highest BCUT2D eigenvalue weighted by Crippen LogP contribution is 2.16. The molecule has 0 atom stereocenters. The van der Waals surface area contributed by atoms with Crippen molar-refractivity contribution in [3.63, 3.8) is 0 Å². The van der Waals surface area contributed by atoms with E-state index in [4.69, 9.17) is 15.6 Å². The van der Waals surface area contributed by atoms with Crippen LogP contribution in [-0.2, 0) is 4.74 Å². The predicted octanol–water partition coefficient (Wildman–Crippen LogP) is -0.482. The maximum atomic E-state index is 8.43. The summed E-state index contributed by atoms with van der Waals surface area (Å²) in [5.41, 5.74) is 5.43. The van der Waals surface area contributed by atoms with E-state index in [9.17, 15) is 0 Å². The van der Waals surface area contributed by atoms with Crippen molar-refractivity contribution >= 4 is 12.4 Å². The standard InChI is InChI=1S/C5H11NO2.ClH/c6-5(1-2-7)3-8-4-5;/h7H,1-4,6H2;1H. The molecule has 0 spiro atoms. The molecule has 3 nitrogen and oxygen atoms in total. The van der Waals surface area contributed by atoms with Gasteiger partial charge in [-0.1, -0.05) is 0 Å². The molecule has 1 fully saturated rings. The zero-order chi connectivity index (χ0) is 6.04. The Bertz CT molecular complexity index is 85.0. The monoisotopic (exact) mass is 153 g/mol. The first-order valence-electron chi connectivity index (χ1n) is 2.74. The summed E-state index contributed by atoms with van der Waals surface area (Å²) in [6, 6.07) is 0. The molecule has 56 valence electrons. The molecular weight excluding hydrogens is 142 g/mol. The van der Waals surface area contributed by atoms with Gasteiger partial charge in [-0.25, -0.2) is 0 Å². The van der Waals surface area contributed by atoms with Crippen LogP contribution in [0.1, 0.15) is 6.42 Å². The summed E-state index contributed by atoms with van der Waals surface area (Å²) in [5.74, 6) is 0. The second-order valence-corrected chi connectivity index (χ2v) is 2.33. The van der Waals surface area contributed by atoms with Crippen LogP contribution in [0.2, 0.25) is 0 Å². The summed E-state index contributed by atoms with van der Waals surface area (Å²) in [4.78, 5) is 0.